The SMILES string of the molecule is CC1CC(C)CC(NC(=O)c2coc(CN)c2)C1. The monoisotopic (exact) mass is 250 g/mol. The molecule has 0 radical (unpaired) electrons. The van der Waals surface area contributed by atoms with Gasteiger partial charge in [0, 0.05) is 6.04 Å². The average Bonchev–Trinajstić information content (AvgIpc) is 2.75. The highest BCUT2D eigenvalue weighted by Crippen LogP contribution is 2.28. The van der Waals surface area contributed by atoms with Gasteiger partial charge >= 0.3 is 0 Å². The fourth-order valence-corrected chi connectivity index (χ4v) is 2.94. The smallest absolute Gasteiger partial charge is 0.254 e. The first-order chi connectivity index (χ1) is 8.58. The van der Waals surface area contributed by atoms with Gasteiger partial charge in [-0.05, 0) is 37.2 Å². The highest BCUT2D eigenvalue weighted by molar-refractivity contribution is 5.94. The van der Waals surface area contributed by atoms with Crippen LogP contribution in [0.3, 0.4) is 0 Å². The minimum atomic E-state index is -0.0512. The summed E-state index contributed by atoms with van der Waals surface area (Å²) < 4.78 is 5.18. The van der Waals surface area contributed by atoms with Gasteiger partial charge in [-0.3, -0.25) is 4.79 Å². The first kappa shape index (κ1) is 13.1. The van der Waals surface area contributed by atoms with Crippen LogP contribution in [0, 0.1) is 11.8 Å². The number of hydrogen-bond donors (Lipinski definition) is 2. The molecule has 2 unspecified atom stereocenters. The third-order valence-electron chi connectivity index (χ3n) is 3.63. The molecule has 4 nitrogen and oxygen atoms in total. The Kier molecular flexibility index (Phi) is 4.07. The number of furan rings is 1. The van der Waals surface area contributed by atoms with Gasteiger partial charge in [-0.1, -0.05) is 13.8 Å². The molecule has 1 amide bonds. The van der Waals surface area contributed by atoms with Crippen LogP contribution in [-0.4, -0.2) is 11.9 Å². The van der Waals surface area contributed by atoms with Gasteiger partial charge in [0.15, 0.2) is 0 Å². The van der Waals surface area contributed by atoms with E-state index in [-0.39, 0.29) is 11.9 Å². The zero-order chi connectivity index (χ0) is 13.1. The van der Waals surface area contributed by atoms with Crippen LogP contribution >= 0.6 is 0 Å². The van der Waals surface area contributed by atoms with Crippen LogP contribution in [0.5, 0.6) is 0 Å². The minimum Gasteiger partial charge on any atom is -0.467 e. The summed E-state index contributed by atoms with van der Waals surface area (Å²) in [5.74, 6) is 1.96. The maximum absolute atomic E-state index is 12.0. The van der Waals surface area contributed by atoms with E-state index >= 15 is 0 Å². The molecule has 2 rings (SSSR count). The number of nitrogens with two attached hydrogens (primary N) is 1. The summed E-state index contributed by atoms with van der Waals surface area (Å²) in [6.45, 7) is 4.82. The van der Waals surface area contributed by atoms with Crippen molar-refractivity contribution in [1.29, 1.82) is 0 Å². The largest absolute Gasteiger partial charge is 0.467 e. The van der Waals surface area contributed by atoms with E-state index in [1.54, 1.807) is 6.07 Å². The maximum atomic E-state index is 12.0. The van der Waals surface area contributed by atoms with Crippen molar-refractivity contribution < 1.29 is 9.21 Å². The van der Waals surface area contributed by atoms with Gasteiger partial charge < -0.3 is 15.5 Å². The Labute approximate surface area is 108 Å². The summed E-state index contributed by atoms with van der Waals surface area (Å²) in [4.78, 5) is 12.0. The molecule has 0 spiro atoms. The van der Waals surface area contributed by atoms with Crippen molar-refractivity contribution in [2.24, 2.45) is 17.6 Å². The van der Waals surface area contributed by atoms with Crippen LogP contribution in [0.4, 0.5) is 0 Å². The molecule has 1 aliphatic rings. The molecule has 0 aliphatic heterocycles. The predicted octanol–water partition coefficient (Wildman–Crippen LogP) is 2.29. The lowest BCUT2D eigenvalue weighted by Crippen LogP contribution is -2.39. The van der Waals surface area contributed by atoms with Crippen molar-refractivity contribution in [3.63, 3.8) is 0 Å². The summed E-state index contributed by atoms with van der Waals surface area (Å²) >= 11 is 0. The molecule has 100 valence electrons. The van der Waals surface area contributed by atoms with E-state index in [9.17, 15) is 4.79 Å². The molecule has 3 N–H and O–H groups in total. The second-order valence-electron chi connectivity index (χ2n) is 5.59. The summed E-state index contributed by atoms with van der Waals surface area (Å²) in [7, 11) is 0. The molecule has 1 saturated carbocycles. The number of rotatable bonds is 3. The molecular weight excluding hydrogens is 228 g/mol. The Hall–Kier alpha value is -1.29. The molecule has 1 heterocycles. The van der Waals surface area contributed by atoms with Crippen LogP contribution in [0.15, 0.2) is 16.7 Å². The number of nitrogens with one attached hydrogen (secondary N) is 1. The quantitative estimate of drug-likeness (QED) is 0.864. The fourth-order valence-electron chi connectivity index (χ4n) is 2.94. The van der Waals surface area contributed by atoms with E-state index in [2.05, 4.69) is 19.2 Å². The lowest BCUT2D eigenvalue weighted by Gasteiger charge is -2.31. The molecule has 4 heteroatoms. The van der Waals surface area contributed by atoms with E-state index in [1.807, 2.05) is 0 Å². The van der Waals surface area contributed by atoms with E-state index in [0.717, 1.165) is 12.8 Å². The van der Waals surface area contributed by atoms with E-state index in [1.165, 1.54) is 12.7 Å². The normalized spacial score (nSPS) is 28.1. The lowest BCUT2D eigenvalue weighted by molar-refractivity contribution is 0.0910. The third-order valence-corrected chi connectivity index (χ3v) is 3.63. The van der Waals surface area contributed by atoms with Crippen LogP contribution in [0.1, 0.15) is 49.2 Å². The molecule has 1 aromatic heterocycles. The van der Waals surface area contributed by atoms with E-state index < -0.39 is 0 Å². The minimum absolute atomic E-state index is 0.0512. The van der Waals surface area contributed by atoms with Crippen LogP contribution < -0.4 is 11.1 Å². The molecule has 0 bridgehead atoms. The van der Waals surface area contributed by atoms with Crippen LogP contribution in [-0.2, 0) is 6.54 Å². The van der Waals surface area contributed by atoms with Gasteiger partial charge in [-0.15, -0.1) is 0 Å². The Morgan fingerprint density at radius 2 is 2.06 bits per heavy atom. The fraction of sp³-hybridized carbons (Fsp3) is 0.643. The van der Waals surface area contributed by atoms with E-state index in [4.69, 9.17) is 10.2 Å². The predicted molar refractivity (Wildman–Crippen MR) is 70.0 cm³/mol. The Morgan fingerprint density at radius 1 is 1.39 bits per heavy atom. The maximum Gasteiger partial charge on any atom is 0.254 e. The molecule has 0 saturated heterocycles. The average molecular weight is 250 g/mol. The summed E-state index contributed by atoms with van der Waals surface area (Å²) in [6.07, 6.45) is 4.87. The second-order valence-corrected chi connectivity index (χ2v) is 5.59. The molecule has 18 heavy (non-hydrogen) atoms. The Balaban J connectivity index is 1.94. The van der Waals surface area contributed by atoms with Gasteiger partial charge in [0.05, 0.1) is 12.1 Å². The topological polar surface area (TPSA) is 68.3 Å². The summed E-state index contributed by atoms with van der Waals surface area (Å²) in [6, 6.07) is 2.00. The van der Waals surface area contributed by atoms with Crippen LogP contribution in [0.25, 0.3) is 0 Å². The van der Waals surface area contributed by atoms with Crippen molar-refractivity contribution >= 4 is 5.91 Å². The van der Waals surface area contributed by atoms with Gasteiger partial charge in [0.2, 0.25) is 0 Å². The van der Waals surface area contributed by atoms with Crippen molar-refractivity contribution in [1.82, 2.24) is 5.32 Å². The Morgan fingerprint density at radius 3 is 2.61 bits per heavy atom. The second kappa shape index (κ2) is 5.57. The lowest BCUT2D eigenvalue weighted by atomic mass is 9.80. The number of hydrogen-bond acceptors (Lipinski definition) is 3. The van der Waals surface area contributed by atoms with Crippen molar-refractivity contribution in [3.8, 4) is 0 Å². The number of amides is 1. The standard InChI is InChI=1S/C14H22N2O2/c1-9-3-10(2)5-12(4-9)16-14(17)11-6-13(7-15)18-8-11/h6,8-10,12H,3-5,7,15H2,1-2H3,(H,16,17). The van der Waals surface area contributed by atoms with Gasteiger partial charge in [0.25, 0.3) is 5.91 Å². The number of carbonyl (C=O) groups is 1. The molecule has 0 aromatic carbocycles. The summed E-state index contributed by atoms with van der Waals surface area (Å²) in [5, 5.41) is 3.09. The zero-order valence-corrected chi connectivity index (χ0v) is 11.1. The van der Waals surface area contributed by atoms with Crippen LogP contribution in [0.2, 0.25) is 0 Å². The molecular formula is C14H22N2O2. The third kappa shape index (κ3) is 3.13. The molecule has 1 aromatic rings. The van der Waals surface area contributed by atoms with Crippen molar-refractivity contribution in [2.45, 2.75) is 45.7 Å². The van der Waals surface area contributed by atoms with Gasteiger partial charge in [0.1, 0.15) is 12.0 Å². The van der Waals surface area contributed by atoms with Crippen molar-refractivity contribution in [2.75, 3.05) is 0 Å². The molecule has 1 aliphatic carbocycles. The molecule has 1 fully saturated rings. The van der Waals surface area contributed by atoms with Gasteiger partial charge in [-0.25, -0.2) is 0 Å². The summed E-state index contributed by atoms with van der Waals surface area (Å²) in [5.41, 5.74) is 6.03. The highest BCUT2D eigenvalue weighted by atomic mass is 16.3. The Bertz CT molecular complexity index is 404. The van der Waals surface area contributed by atoms with Crippen molar-refractivity contribution in [3.05, 3.63) is 23.7 Å². The zero-order valence-electron chi connectivity index (χ0n) is 11.1. The first-order valence-electron chi connectivity index (χ1n) is 6.66. The van der Waals surface area contributed by atoms with Gasteiger partial charge in [-0.2, -0.15) is 0 Å². The van der Waals surface area contributed by atoms with E-state index in [0.29, 0.717) is 29.7 Å². The highest BCUT2D eigenvalue weighted by Gasteiger charge is 2.25. The number of carbonyl (C=O) groups excluding carboxylic acids is 1. The molecule has 2 atom stereocenters. The first-order valence-corrected chi connectivity index (χ1v) is 6.66.